The fourth-order valence-corrected chi connectivity index (χ4v) is 4.39. The van der Waals surface area contributed by atoms with Crippen molar-refractivity contribution in [3.8, 4) is 0 Å². The molecule has 1 heterocycles. The van der Waals surface area contributed by atoms with Crippen molar-refractivity contribution in [3.63, 3.8) is 0 Å². The molecule has 4 heteroatoms. The van der Waals surface area contributed by atoms with E-state index in [1.807, 2.05) is 12.1 Å². The van der Waals surface area contributed by atoms with Crippen LogP contribution in [-0.2, 0) is 4.79 Å². The van der Waals surface area contributed by atoms with Crippen LogP contribution in [0.15, 0.2) is 24.3 Å². The summed E-state index contributed by atoms with van der Waals surface area (Å²) in [6.07, 6.45) is 6.52. The third kappa shape index (κ3) is 4.27. The van der Waals surface area contributed by atoms with Gasteiger partial charge in [0.1, 0.15) is 0 Å². The minimum absolute atomic E-state index is 0.127. The summed E-state index contributed by atoms with van der Waals surface area (Å²) in [6, 6.07) is 8.24. The average molecular weight is 336 g/mol. The normalized spacial score (nSPS) is 27.0. The van der Waals surface area contributed by atoms with Crippen LogP contribution < -0.4 is 0 Å². The third-order valence-electron chi connectivity index (χ3n) is 5.65. The smallest absolute Gasteiger partial charge is 0.306 e. The topological polar surface area (TPSA) is 40.5 Å². The molecule has 0 aromatic heterocycles. The first-order valence-corrected chi connectivity index (χ1v) is 9.22. The molecule has 1 aromatic rings. The van der Waals surface area contributed by atoms with Crippen molar-refractivity contribution in [2.45, 2.75) is 44.4 Å². The summed E-state index contributed by atoms with van der Waals surface area (Å²) in [7, 11) is 0. The van der Waals surface area contributed by atoms with Gasteiger partial charge in [-0.1, -0.05) is 36.6 Å². The van der Waals surface area contributed by atoms with E-state index in [9.17, 15) is 9.90 Å². The number of hydrogen-bond donors (Lipinski definition) is 1. The molecular formula is C19H26ClNO2. The number of benzene rings is 1. The lowest BCUT2D eigenvalue weighted by Gasteiger charge is -2.37. The van der Waals surface area contributed by atoms with Gasteiger partial charge in [0.2, 0.25) is 0 Å². The van der Waals surface area contributed by atoms with Gasteiger partial charge in [0.15, 0.2) is 0 Å². The van der Waals surface area contributed by atoms with Crippen molar-refractivity contribution >= 4 is 17.6 Å². The molecule has 3 nitrogen and oxygen atoms in total. The second kappa shape index (κ2) is 7.67. The zero-order valence-corrected chi connectivity index (χ0v) is 14.3. The molecule has 0 amide bonds. The van der Waals surface area contributed by atoms with Gasteiger partial charge in [-0.3, -0.25) is 4.79 Å². The first-order valence-electron chi connectivity index (χ1n) is 8.84. The molecule has 23 heavy (non-hydrogen) atoms. The van der Waals surface area contributed by atoms with Gasteiger partial charge in [-0.25, -0.2) is 0 Å². The highest BCUT2D eigenvalue weighted by atomic mass is 35.5. The quantitative estimate of drug-likeness (QED) is 0.886. The standard InChI is InChI=1S/C19H26ClNO2/c20-17-7-5-14(6-8-17)15-9-11-21(12-10-15)13-16-3-1-2-4-18(16)19(22)23/h5-8,15-16,18H,1-4,9-13H2,(H,22,23)/t16-,18-/m0/s1. The molecule has 0 bridgehead atoms. The lowest BCUT2D eigenvalue weighted by Crippen LogP contribution is -2.41. The van der Waals surface area contributed by atoms with E-state index in [1.54, 1.807) is 0 Å². The Morgan fingerprint density at radius 3 is 2.39 bits per heavy atom. The van der Waals surface area contributed by atoms with E-state index < -0.39 is 5.97 Å². The number of carbonyl (C=O) groups is 1. The maximum Gasteiger partial charge on any atom is 0.306 e. The van der Waals surface area contributed by atoms with Gasteiger partial charge in [0, 0.05) is 11.6 Å². The second-order valence-electron chi connectivity index (χ2n) is 7.12. The zero-order chi connectivity index (χ0) is 16.2. The maximum atomic E-state index is 11.4. The summed E-state index contributed by atoms with van der Waals surface area (Å²) >= 11 is 5.97. The van der Waals surface area contributed by atoms with Gasteiger partial charge in [-0.15, -0.1) is 0 Å². The maximum absolute atomic E-state index is 11.4. The summed E-state index contributed by atoms with van der Waals surface area (Å²) in [5, 5.41) is 10.2. The second-order valence-corrected chi connectivity index (χ2v) is 7.55. The molecule has 1 aliphatic heterocycles. The number of hydrogen-bond acceptors (Lipinski definition) is 2. The van der Waals surface area contributed by atoms with Crippen LogP contribution in [-0.4, -0.2) is 35.6 Å². The van der Waals surface area contributed by atoms with Crippen LogP contribution >= 0.6 is 11.6 Å². The van der Waals surface area contributed by atoms with E-state index in [1.165, 1.54) is 12.0 Å². The van der Waals surface area contributed by atoms with Crippen LogP contribution in [0.25, 0.3) is 0 Å². The molecule has 1 aliphatic carbocycles. The Balaban J connectivity index is 1.52. The van der Waals surface area contributed by atoms with Gasteiger partial charge >= 0.3 is 5.97 Å². The fraction of sp³-hybridized carbons (Fsp3) is 0.632. The minimum atomic E-state index is -0.592. The number of carboxylic acids is 1. The predicted molar refractivity (Wildman–Crippen MR) is 93.0 cm³/mol. The Labute approximate surface area is 143 Å². The van der Waals surface area contributed by atoms with Crippen molar-refractivity contribution in [3.05, 3.63) is 34.9 Å². The molecule has 1 saturated heterocycles. The number of carboxylic acid groups (broad SMARTS) is 1. The molecular weight excluding hydrogens is 310 g/mol. The summed E-state index contributed by atoms with van der Waals surface area (Å²) in [5.41, 5.74) is 1.38. The highest BCUT2D eigenvalue weighted by Crippen LogP contribution is 2.33. The fourth-order valence-electron chi connectivity index (χ4n) is 4.27. The number of likely N-dealkylation sites (tertiary alicyclic amines) is 1. The first-order chi connectivity index (χ1) is 11.1. The molecule has 126 valence electrons. The van der Waals surface area contributed by atoms with Crippen LogP contribution in [0.1, 0.15) is 50.0 Å². The van der Waals surface area contributed by atoms with Crippen molar-refractivity contribution in [1.82, 2.24) is 4.90 Å². The van der Waals surface area contributed by atoms with Gasteiger partial charge in [0.25, 0.3) is 0 Å². The van der Waals surface area contributed by atoms with Crippen LogP contribution in [0.2, 0.25) is 5.02 Å². The molecule has 2 aliphatic rings. The van der Waals surface area contributed by atoms with E-state index in [-0.39, 0.29) is 5.92 Å². The van der Waals surface area contributed by atoms with Crippen molar-refractivity contribution in [1.29, 1.82) is 0 Å². The number of rotatable bonds is 4. The third-order valence-corrected chi connectivity index (χ3v) is 5.90. The van der Waals surface area contributed by atoms with Gasteiger partial charge in [-0.05, 0) is 68.3 Å². The van der Waals surface area contributed by atoms with E-state index in [0.29, 0.717) is 11.8 Å². The van der Waals surface area contributed by atoms with Crippen molar-refractivity contribution in [2.75, 3.05) is 19.6 Å². The zero-order valence-electron chi connectivity index (χ0n) is 13.6. The number of nitrogens with zero attached hydrogens (tertiary/aromatic N) is 1. The van der Waals surface area contributed by atoms with Crippen LogP contribution in [0, 0.1) is 11.8 Å². The van der Waals surface area contributed by atoms with Gasteiger partial charge in [-0.2, -0.15) is 0 Å². The van der Waals surface area contributed by atoms with Gasteiger partial charge < -0.3 is 10.0 Å². The molecule has 3 rings (SSSR count). The molecule has 0 unspecified atom stereocenters. The molecule has 0 radical (unpaired) electrons. The number of aliphatic carboxylic acids is 1. The molecule has 2 fully saturated rings. The molecule has 2 atom stereocenters. The lowest BCUT2D eigenvalue weighted by molar-refractivity contribution is -0.145. The Kier molecular flexibility index (Phi) is 5.60. The lowest BCUT2D eigenvalue weighted by atomic mass is 9.78. The molecule has 0 spiro atoms. The Morgan fingerprint density at radius 1 is 1.09 bits per heavy atom. The van der Waals surface area contributed by atoms with E-state index in [2.05, 4.69) is 17.0 Å². The monoisotopic (exact) mass is 335 g/mol. The largest absolute Gasteiger partial charge is 0.481 e. The van der Waals surface area contributed by atoms with E-state index in [4.69, 9.17) is 11.6 Å². The van der Waals surface area contributed by atoms with E-state index in [0.717, 1.165) is 56.8 Å². The van der Waals surface area contributed by atoms with Crippen LogP contribution in [0.5, 0.6) is 0 Å². The Hall–Kier alpha value is -1.06. The molecule has 1 saturated carbocycles. The van der Waals surface area contributed by atoms with Crippen LogP contribution in [0.4, 0.5) is 0 Å². The summed E-state index contributed by atoms with van der Waals surface area (Å²) in [6.45, 7) is 3.12. The van der Waals surface area contributed by atoms with E-state index >= 15 is 0 Å². The average Bonchev–Trinajstić information content (AvgIpc) is 2.57. The molecule has 1 aromatic carbocycles. The summed E-state index contributed by atoms with van der Waals surface area (Å²) in [4.78, 5) is 13.9. The number of piperidine rings is 1. The van der Waals surface area contributed by atoms with Crippen molar-refractivity contribution in [2.24, 2.45) is 11.8 Å². The van der Waals surface area contributed by atoms with Crippen LogP contribution in [0.3, 0.4) is 0 Å². The SMILES string of the molecule is O=C(O)[C@H]1CCCC[C@H]1CN1CCC(c2ccc(Cl)cc2)CC1. The first kappa shape index (κ1) is 16.8. The van der Waals surface area contributed by atoms with Gasteiger partial charge in [0.05, 0.1) is 5.92 Å². The highest BCUT2D eigenvalue weighted by molar-refractivity contribution is 6.30. The molecule has 1 N–H and O–H groups in total. The Bertz CT molecular complexity index is 523. The van der Waals surface area contributed by atoms with Crippen molar-refractivity contribution < 1.29 is 9.90 Å². The summed E-state index contributed by atoms with van der Waals surface area (Å²) < 4.78 is 0. The predicted octanol–water partition coefficient (Wildman–Crippen LogP) is 4.41. The number of halogens is 1. The Morgan fingerprint density at radius 2 is 1.74 bits per heavy atom. The summed E-state index contributed by atoms with van der Waals surface area (Å²) in [5.74, 6) is 0.238. The minimum Gasteiger partial charge on any atom is -0.481 e. The highest BCUT2D eigenvalue weighted by Gasteiger charge is 2.32.